The van der Waals surface area contributed by atoms with Gasteiger partial charge in [-0.15, -0.1) is 0 Å². The lowest BCUT2D eigenvalue weighted by Crippen LogP contribution is -2.14. The van der Waals surface area contributed by atoms with Crippen molar-refractivity contribution in [2.45, 2.75) is 12.8 Å². The molecule has 0 saturated heterocycles. The average molecular weight is 398 g/mol. The van der Waals surface area contributed by atoms with Crippen molar-refractivity contribution in [3.05, 3.63) is 58.7 Å². The van der Waals surface area contributed by atoms with Gasteiger partial charge in [0.25, 0.3) is 5.91 Å². The summed E-state index contributed by atoms with van der Waals surface area (Å²) in [6, 6.07) is 14.8. The summed E-state index contributed by atoms with van der Waals surface area (Å²) in [5.41, 5.74) is 2.82. The molecule has 126 valence electrons. The number of H-pyrrole nitrogens is 1. The smallest absolute Gasteiger partial charge is 0.272 e. The Morgan fingerprint density at radius 3 is 2.32 bits per heavy atom. The van der Waals surface area contributed by atoms with Crippen molar-refractivity contribution in [1.29, 1.82) is 0 Å². The van der Waals surface area contributed by atoms with Gasteiger partial charge in [0.05, 0.1) is 0 Å². The topological polar surface area (TPSA) is 74.0 Å². The molecule has 0 bridgehead atoms. The molecule has 0 spiro atoms. The molecule has 2 aromatic carbocycles. The maximum Gasteiger partial charge on any atom is 0.272 e. The minimum Gasteiger partial charge on any atom is -0.351 e. The Hall–Kier alpha value is -2.60. The van der Waals surface area contributed by atoms with Gasteiger partial charge < -0.3 is 15.6 Å². The Morgan fingerprint density at radius 2 is 1.64 bits per heavy atom. The van der Waals surface area contributed by atoms with Gasteiger partial charge in [0.1, 0.15) is 5.69 Å². The second-order valence-electron chi connectivity index (χ2n) is 6.21. The molecule has 3 N–H and O–H groups in total. The summed E-state index contributed by atoms with van der Waals surface area (Å²) in [7, 11) is 0. The van der Waals surface area contributed by atoms with Crippen LogP contribution < -0.4 is 10.6 Å². The van der Waals surface area contributed by atoms with E-state index in [0.29, 0.717) is 11.4 Å². The summed E-state index contributed by atoms with van der Waals surface area (Å²) >= 11 is 3.42. The van der Waals surface area contributed by atoms with Gasteiger partial charge in [0, 0.05) is 32.7 Å². The van der Waals surface area contributed by atoms with Gasteiger partial charge in [-0.2, -0.15) is 0 Å². The maximum absolute atomic E-state index is 12.4. The number of aromatic amines is 1. The molecule has 0 atom stereocenters. The highest BCUT2D eigenvalue weighted by Gasteiger charge is 2.29. The number of rotatable bonds is 4. The Morgan fingerprint density at radius 1 is 0.960 bits per heavy atom. The Balaban J connectivity index is 1.44. The predicted molar refractivity (Wildman–Crippen MR) is 102 cm³/mol. The lowest BCUT2D eigenvalue weighted by atomic mass is 10.2. The number of amides is 2. The normalized spacial score (nSPS) is 13.6. The van der Waals surface area contributed by atoms with E-state index in [4.69, 9.17) is 0 Å². The number of aromatic nitrogens is 1. The predicted octanol–water partition coefficient (Wildman–Crippen LogP) is 4.53. The summed E-state index contributed by atoms with van der Waals surface area (Å²) in [5, 5.41) is 6.70. The van der Waals surface area contributed by atoms with E-state index in [9.17, 15) is 9.59 Å². The number of nitrogens with one attached hydrogen (secondary N) is 3. The number of hydrogen-bond donors (Lipinski definition) is 3. The van der Waals surface area contributed by atoms with E-state index >= 15 is 0 Å². The maximum atomic E-state index is 12.4. The van der Waals surface area contributed by atoms with Gasteiger partial charge in [-0.05, 0) is 61.4 Å². The second-order valence-corrected chi connectivity index (χ2v) is 7.13. The second kappa shape index (κ2) is 6.37. The van der Waals surface area contributed by atoms with Gasteiger partial charge in [-0.25, -0.2) is 0 Å². The van der Waals surface area contributed by atoms with Crippen molar-refractivity contribution in [1.82, 2.24) is 4.98 Å². The van der Waals surface area contributed by atoms with Crippen molar-refractivity contribution >= 4 is 50.0 Å². The van der Waals surface area contributed by atoms with Crippen LogP contribution in [0.4, 0.5) is 11.4 Å². The van der Waals surface area contributed by atoms with E-state index in [-0.39, 0.29) is 17.7 Å². The van der Waals surface area contributed by atoms with Gasteiger partial charge in [0.15, 0.2) is 0 Å². The standard InChI is InChI=1S/C19H16BrN3O2/c20-13-3-8-16-12(9-13)10-17(23-16)19(25)22-15-6-4-14(5-7-15)21-18(24)11-1-2-11/h3-11,23H,1-2H2,(H,21,24)(H,22,25). The van der Waals surface area contributed by atoms with E-state index in [0.717, 1.165) is 33.9 Å². The molecule has 5 nitrogen and oxygen atoms in total. The highest BCUT2D eigenvalue weighted by Crippen LogP contribution is 2.30. The highest BCUT2D eigenvalue weighted by molar-refractivity contribution is 9.10. The third-order valence-electron chi connectivity index (χ3n) is 4.19. The van der Waals surface area contributed by atoms with E-state index in [2.05, 4.69) is 31.5 Å². The first-order valence-corrected chi connectivity index (χ1v) is 8.88. The molecule has 6 heteroatoms. The number of carbonyl (C=O) groups is 2. The first-order chi connectivity index (χ1) is 12.1. The molecule has 0 unspecified atom stereocenters. The summed E-state index contributed by atoms with van der Waals surface area (Å²) in [5.74, 6) is 0.0320. The van der Waals surface area contributed by atoms with Crippen LogP contribution in [0.1, 0.15) is 23.3 Å². The van der Waals surface area contributed by atoms with Crippen molar-refractivity contribution in [2.24, 2.45) is 5.92 Å². The fourth-order valence-corrected chi connectivity index (χ4v) is 3.03. The van der Waals surface area contributed by atoms with Crippen molar-refractivity contribution in [3.63, 3.8) is 0 Å². The number of hydrogen-bond acceptors (Lipinski definition) is 2. The zero-order valence-electron chi connectivity index (χ0n) is 13.3. The van der Waals surface area contributed by atoms with Crippen LogP contribution in [0.3, 0.4) is 0 Å². The molecule has 1 heterocycles. The van der Waals surface area contributed by atoms with E-state index in [1.807, 2.05) is 24.3 Å². The summed E-state index contributed by atoms with van der Waals surface area (Å²) in [4.78, 5) is 27.3. The first-order valence-electron chi connectivity index (χ1n) is 8.09. The summed E-state index contributed by atoms with van der Waals surface area (Å²) < 4.78 is 0.967. The lowest BCUT2D eigenvalue weighted by molar-refractivity contribution is -0.117. The van der Waals surface area contributed by atoms with Gasteiger partial charge >= 0.3 is 0 Å². The molecule has 1 aliphatic carbocycles. The fourth-order valence-electron chi connectivity index (χ4n) is 2.65. The molecule has 0 radical (unpaired) electrons. The number of benzene rings is 2. The average Bonchev–Trinajstić information content (AvgIpc) is 3.36. The zero-order valence-corrected chi connectivity index (χ0v) is 14.9. The molecular formula is C19H16BrN3O2. The molecule has 1 aromatic heterocycles. The van der Waals surface area contributed by atoms with Crippen LogP contribution in [0.2, 0.25) is 0 Å². The molecule has 3 aromatic rings. The Labute approximate surface area is 152 Å². The van der Waals surface area contributed by atoms with Crippen molar-refractivity contribution in [2.75, 3.05) is 10.6 Å². The Kier molecular flexibility index (Phi) is 4.05. The molecular weight excluding hydrogens is 382 g/mol. The highest BCUT2D eigenvalue weighted by atomic mass is 79.9. The van der Waals surface area contributed by atoms with Gasteiger partial charge in [-0.1, -0.05) is 15.9 Å². The van der Waals surface area contributed by atoms with Gasteiger partial charge in [-0.3, -0.25) is 9.59 Å². The summed E-state index contributed by atoms with van der Waals surface area (Å²) in [6.07, 6.45) is 1.95. The molecule has 1 fully saturated rings. The number of carbonyl (C=O) groups excluding carboxylic acids is 2. The summed E-state index contributed by atoms with van der Waals surface area (Å²) in [6.45, 7) is 0. The van der Waals surface area contributed by atoms with Crippen LogP contribution in [0.5, 0.6) is 0 Å². The molecule has 1 aliphatic rings. The van der Waals surface area contributed by atoms with Crippen LogP contribution in [-0.2, 0) is 4.79 Å². The van der Waals surface area contributed by atoms with Crippen molar-refractivity contribution < 1.29 is 9.59 Å². The van der Waals surface area contributed by atoms with Crippen LogP contribution in [0, 0.1) is 5.92 Å². The van der Waals surface area contributed by atoms with E-state index in [1.54, 1.807) is 24.3 Å². The van der Waals surface area contributed by atoms with E-state index < -0.39 is 0 Å². The molecule has 1 saturated carbocycles. The lowest BCUT2D eigenvalue weighted by Gasteiger charge is -2.07. The minimum absolute atomic E-state index is 0.0704. The molecule has 2 amide bonds. The zero-order chi connectivity index (χ0) is 17.4. The van der Waals surface area contributed by atoms with E-state index in [1.165, 1.54) is 0 Å². The number of fused-ring (bicyclic) bond motifs is 1. The van der Waals surface area contributed by atoms with Crippen LogP contribution >= 0.6 is 15.9 Å². The van der Waals surface area contributed by atoms with Gasteiger partial charge in [0.2, 0.25) is 5.91 Å². The van der Waals surface area contributed by atoms with Crippen LogP contribution in [0.15, 0.2) is 53.0 Å². The Bertz CT molecular complexity index is 958. The van der Waals surface area contributed by atoms with Crippen LogP contribution in [0.25, 0.3) is 10.9 Å². The minimum atomic E-state index is -0.206. The van der Waals surface area contributed by atoms with Crippen LogP contribution in [-0.4, -0.2) is 16.8 Å². The fraction of sp³-hybridized carbons (Fsp3) is 0.158. The largest absolute Gasteiger partial charge is 0.351 e. The molecule has 25 heavy (non-hydrogen) atoms. The van der Waals surface area contributed by atoms with Crippen molar-refractivity contribution in [3.8, 4) is 0 Å². The number of anilines is 2. The number of halogens is 1. The SMILES string of the molecule is O=C(Nc1ccc(NC(=O)C2CC2)cc1)c1cc2cc(Br)ccc2[nH]1. The third kappa shape index (κ3) is 3.58. The quantitative estimate of drug-likeness (QED) is 0.604. The monoisotopic (exact) mass is 397 g/mol. The third-order valence-corrected chi connectivity index (χ3v) is 4.68. The first kappa shape index (κ1) is 15.9. The molecule has 0 aliphatic heterocycles. The molecule has 4 rings (SSSR count).